The maximum atomic E-state index is 13.1. The average Bonchev–Trinajstić information content (AvgIpc) is 3.30. The number of ketones is 1. The second kappa shape index (κ2) is 10.1. The van der Waals surface area contributed by atoms with Gasteiger partial charge in [-0.3, -0.25) is 9.59 Å². The Balaban J connectivity index is 0.00000400. The summed E-state index contributed by atoms with van der Waals surface area (Å²) in [4.78, 5) is 26.7. The first-order valence-electron chi connectivity index (χ1n) is 11.9. The number of amides is 1. The Morgan fingerprint density at radius 1 is 1.05 bits per heavy atom. The third-order valence-corrected chi connectivity index (χ3v) is 6.98. The van der Waals surface area contributed by atoms with Crippen molar-refractivity contribution in [1.82, 2.24) is 14.8 Å². The number of hydrogen-bond donors (Lipinski definition) is 1. The SMILES string of the molecule is CC1CNC2(CCN(C(=O)c3ccc(COCCC(F)(F)F)cc3)CC2)c2ccc(C(=O)C(F)(F)F)n21.[HH]. The largest absolute Gasteiger partial charge is 0.456 e. The Bertz CT molecular complexity index is 1140. The zero-order valence-electron chi connectivity index (χ0n) is 20.1. The van der Waals surface area contributed by atoms with Crippen molar-refractivity contribution in [3.8, 4) is 0 Å². The zero-order valence-corrected chi connectivity index (χ0v) is 20.1. The van der Waals surface area contributed by atoms with Crippen molar-refractivity contribution < 1.29 is 42.1 Å². The molecule has 6 nitrogen and oxygen atoms in total. The number of alkyl halides is 6. The number of aromatic nitrogens is 1. The molecule has 0 saturated carbocycles. The smallest absolute Gasteiger partial charge is 0.376 e. The molecule has 4 rings (SSSR count). The molecule has 12 heteroatoms. The predicted molar refractivity (Wildman–Crippen MR) is 123 cm³/mol. The number of carbonyl (C=O) groups excluding carboxylic acids is 2. The molecule has 1 N–H and O–H groups in total. The van der Waals surface area contributed by atoms with Gasteiger partial charge < -0.3 is 19.5 Å². The van der Waals surface area contributed by atoms with Crippen LogP contribution in [0.25, 0.3) is 0 Å². The molecule has 1 atom stereocenters. The number of halogens is 6. The van der Waals surface area contributed by atoms with E-state index in [2.05, 4.69) is 5.32 Å². The molecule has 2 aliphatic heterocycles. The van der Waals surface area contributed by atoms with Gasteiger partial charge in [-0.2, -0.15) is 26.3 Å². The van der Waals surface area contributed by atoms with Gasteiger partial charge >= 0.3 is 12.4 Å². The van der Waals surface area contributed by atoms with E-state index in [1.165, 1.54) is 10.6 Å². The highest BCUT2D eigenvalue weighted by atomic mass is 19.4. The number of piperidine rings is 1. The minimum Gasteiger partial charge on any atom is -0.376 e. The number of Topliss-reactive ketones (excluding diaryl/α,β-unsaturated/α-hetero) is 1. The highest BCUT2D eigenvalue weighted by Gasteiger charge is 2.47. The van der Waals surface area contributed by atoms with Crippen molar-refractivity contribution in [1.29, 1.82) is 0 Å². The molecule has 1 unspecified atom stereocenters. The summed E-state index contributed by atoms with van der Waals surface area (Å²) in [5, 5.41) is 3.44. The summed E-state index contributed by atoms with van der Waals surface area (Å²) < 4.78 is 82.5. The van der Waals surface area contributed by atoms with Crippen molar-refractivity contribution in [3.05, 3.63) is 58.9 Å². The third kappa shape index (κ3) is 5.85. The van der Waals surface area contributed by atoms with E-state index in [0.717, 1.165) is 0 Å². The number of ether oxygens (including phenoxy) is 1. The molecular weight excluding hydrogens is 504 g/mol. The van der Waals surface area contributed by atoms with Gasteiger partial charge in [-0.25, -0.2) is 0 Å². The first-order chi connectivity index (χ1) is 17.3. The molecule has 3 heterocycles. The number of fused-ring (bicyclic) bond motifs is 2. The summed E-state index contributed by atoms with van der Waals surface area (Å²) in [5.74, 6) is -2.09. The number of hydrogen-bond acceptors (Lipinski definition) is 4. The monoisotopic (exact) mass is 533 g/mol. The minimum atomic E-state index is -4.96. The number of carbonyl (C=O) groups is 2. The molecule has 0 aliphatic carbocycles. The van der Waals surface area contributed by atoms with Crippen LogP contribution in [0.15, 0.2) is 36.4 Å². The van der Waals surface area contributed by atoms with E-state index in [1.54, 1.807) is 42.2 Å². The van der Waals surface area contributed by atoms with E-state index in [1.807, 2.05) is 0 Å². The van der Waals surface area contributed by atoms with Crippen molar-refractivity contribution in [2.45, 2.75) is 56.7 Å². The molecule has 1 amide bonds. The van der Waals surface area contributed by atoms with Gasteiger partial charge in [0.1, 0.15) is 0 Å². The van der Waals surface area contributed by atoms with Crippen LogP contribution in [0.3, 0.4) is 0 Å². The van der Waals surface area contributed by atoms with Gasteiger partial charge in [0.15, 0.2) is 0 Å². The maximum absolute atomic E-state index is 13.1. The number of nitrogens with one attached hydrogen (secondary N) is 1. The molecule has 1 fully saturated rings. The highest BCUT2D eigenvalue weighted by Crippen LogP contribution is 2.40. The molecule has 1 spiro atoms. The Hall–Kier alpha value is -2.86. The summed E-state index contributed by atoms with van der Waals surface area (Å²) >= 11 is 0. The summed E-state index contributed by atoms with van der Waals surface area (Å²) in [7, 11) is 0. The first kappa shape index (κ1) is 27.2. The lowest BCUT2D eigenvalue weighted by Crippen LogP contribution is -2.57. The standard InChI is InChI=1S/C25H27F6N3O3.H2/c1-16-14-32-23(20-7-6-19(34(16)20)21(35)25(29,30)31)8-11-33(12-9-23)22(36)18-4-2-17(3-5-18)15-37-13-10-24(26,27)28;/h2-7,16,32H,8-15H2,1H3;1H. The molecule has 2 aliphatic rings. The van der Waals surface area contributed by atoms with E-state index in [4.69, 9.17) is 4.74 Å². The van der Waals surface area contributed by atoms with Crippen LogP contribution in [-0.2, 0) is 16.9 Å². The zero-order chi connectivity index (χ0) is 27.0. The van der Waals surface area contributed by atoms with E-state index in [-0.39, 0.29) is 25.7 Å². The van der Waals surface area contributed by atoms with Crippen molar-refractivity contribution in [3.63, 3.8) is 0 Å². The van der Waals surface area contributed by atoms with E-state index in [0.29, 0.717) is 49.3 Å². The second-order valence-electron chi connectivity index (χ2n) is 9.52. The van der Waals surface area contributed by atoms with Crippen LogP contribution >= 0.6 is 0 Å². The number of benzene rings is 1. The highest BCUT2D eigenvalue weighted by molar-refractivity contribution is 5.99. The fraction of sp³-hybridized carbons (Fsp3) is 0.520. The Morgan fingerprint density at radius 2 is 1.70 bits per heavy atom. The van der Waals surface area contributed by atoms with Crippen LogP contribution in [0, 0.1) is 0 Å². The summed E-state index contributed by atoms with van der Waals surface area (Å²) in [6.07, 6.45) is -9.35. The third-order valence-electron chi connectivity index (χ3n) is 6.98. The molecule has 1 aromatic carbocycles. The molecule has 0 bridgehead atoms. The van der Waals surface area contributed by atoms with Crippen LogP contribution in [0.1, 0.15) is 65.8 Å². The summed E-state index contributed by atoms with van der Waals surface area (Å²) in [6.45, 7) is 2.41. The lowest BCUT2D eigenvalue weighted by Gasteiger charge is -2.47. The van der Waals surface area contributed by atoms with E-state index in [9.17, 15) is 35.9 Å². The van der Waals surface area contributed by atoms with Gasteiger partial charge in [0.05, 0.1) is 30.9 Å². The predicted octanol–water partition coefficient (Wildman–Crippen LogP) is 5.24. The van der Waals surface area contributed by atoms with Crippen LogP contribution in [0.4, 0.5) is 26.3 Å². The molecule has 1 aromatic heterocycles. The first-order valence-corrected chi connectivity index (χ1v) is 11.9. The minimum absolute atomic E-state index is 0. The Labute approximate surface area is 211 Å². The molecule has 204 valence electrons. The fourth-order valence-electron chi connectivity index (χ4n) is 5.00. The van der Waals surface area contributed by atoms with E-state index < -0.39 is 36.7 Å². The fourth-order valence-corrected chi connectivity index (χ4v) is 5.00. The normalized spacial score (nSPS) is 19.6. The van der Waals surface area contributed by atoms with Gasteiger partial charge in [0, 0.05) is 38.4 Å². The van der Waals surface area contributed by atoms with Crippen LogP contribution in [0.2, 0.25) is 0 Å². The number of rotatable bonds is 6. The maximum Gasteiger partial charge on any atom is 0.456 e. The number of likely N-dealkylation sites (tertiary alicyclic amines) is 1. The topological polar surface area (TPSA) is 63.6 Å². The van der Waals surface area contributed by atoms with Gasteiger partial charge in [0.25, 0.3) is 11.7 Å². The van der Waals surface area contributed by atoms with Gasteiger partial charge in [0.2, 0.25) is 0 Å². The van der Waals surface area contributed by atoms with Crippen LogP contribution in [0.5, 0.6) is 0 Å². The summed E-state index contributed by atoms with van der Waals surface area (Å²) in [5.41, 5.74) is 0.645. The van der Waals surface area contributed by atoms with Gasteiger partial charge in [-0.05, 0) is 49.6 Å². The lowest BCUT2D eigenvalue weighted by atomic mass is 9.82. The van der Waals surface area contributed by atoms with Crippen molar-refractivity contribution >= 4 is 11.7 Å². The molecule has 37 heavy (non-hydrogen) atoms. The lowest BCUT2D eigenvalue weighted by molar-refractivity contribution is -0.146. The van der Waals surface area contributed by atoms with Crippen molar-refractivity contribution in [2.24, 2.45) is 0 Å². The number of nitrogens with zero attached hydrogens (tertiary/aromatic N) is 2. The Kier molecular flexibility index (Phi) is 7.44. The van der Waals surface area contributed by atoms with Crippen LogP contribution in [-0.4, -0.2) is 59.8 Å². The second-order valence-corrected chi connectivity index (χ2v) is 9.52. The quantitative estimate of drug-likeness (QED) is 0.313. The summed E-state index contributed by atoms with van der Waals surface area (Å²) in [6, 6.07) is 8.89. The van der Waals surface area contributed by atoms with Crippen LogP contribution < -0.4 is 5.32 Å². The molecular formula is C25H29F6N3O3. The molecule has 1 saturated heterocycles. The van der Waals surface area contributed by atoms with Gasteiger partial charge in [-0.1, -0.05) is 12.1 Å². The van der Waals surface area contributed by atoms with Crippen molar-refractivity contribution in [2.75, 3.05) is 26.2 Å². The average molecular weight is 534 g/mol. The molecule has 2 aromatic rings. The van der Waals surface area contributed by atoms with E-state index >= 15 is 0 Å². The Morgan fingerprint density at radius 3 is 2.30 bits per heavy atom. The molecule has 0 radical (unpaired) electrons. The van der Waals surface area contributed by atoms with Gasteiger partial charge in [-0.15, -0.1) is 0 Å².